The normalized spacial score (nSPS) is 10.5. The fraction of sp³-hybridized carbons (Fsp3) is 0.167. The molecule has 128 valence electrons. The quantitative estimate of drug-likeness (QED) is 0.507. The van der Waals surface area contributed by atoms with Gasteiger partial charge in [-0.25, -0.2) is 9.78 Å². The molecular formula is C18H16N2O5. The maximum absolute atomic E-state index is 11.8. The molecule has 3 aromatic rings. The van der Waals surface area contributed by atoms with E-state index in [0.29, 0.717) is 34.0 Å². The zero-order chi connectivity index (χ0) is 17.8. The lowest BCUT2D eigenvalue weighted by Gasteiger charge is -2.09. The number of hydrogen-bond acceptors (Lipinski definition) is 6. The second-order valence-corrected chi connectivity index (χ2v) is 5.19. The standard InChI is InChI=1S/C18H16N2O5/c1-23-16-8-12(10-21)5-6-15(16)25-11-13-9-20-7-3-4-14(17(20)19-13)18(22)24-2/h3-10H,11H2,1-2H3. The number of rotatable bonds is 6. The van der Waals surface area contributed by atoms with Gasteiger partial charge in [-0.3, -0.25) is 4.79 Å². The van der Waals surface area contributed by atoms with Crippen LogP contribution >= 0.6 is 0 Å². The number of carbonyl (C=O) groups excluding carboxylic acids is 2. The minimum absolute atomic E-state index is 0.180. The van der Waals surface area contributed by atoms with Crippen molar-refractivity contribution < 1.29 is 23.8 Å². The third kappa shape index (κ3) is 3.30. The summed E-state index contributed by atoms with van der Waals surface area (Å²) in [6, 6.07) is 8.30. The Morgan fingerprint density at radius 3 is 2.80 bits per heavy atom. The first kappa shape index (κ1) is 16.5. The highest BCUT2D eigenvalue weighted by Gasteiger charge is 2.14. The lowest BCUT2D eigenvalue weighted by Crippen LogP contribution is -2.03. The zero-order valence-corrected chi connectivity index (χ0v) is 13.8. The van der Waals surface area contributed by atoms with Gasteiger partial charge in [-0.1, -0.05) is 0 Å². The summed E-state index contributed by atoms with van der Waals surface area (Å²) in [5.41, 5.74) is 2.01. The predicted molar refractivity (Wildman–Crippen MR) is 89.2 cm³/mol. The van der Waals surface area contributed by atoms with Gasteiger partial charge in [0.25, 0.3) is 0 Å². The van der Waals surface area contributed by atoms with Crippen molar-refractivity contribution in [3.63, 3.8) is 0 Å². The van der Waals surface area contributed by atoms with Gasteiger partial charge in [0.05, 0.1) is 19.9 Å². The maximum atomic E-state index is 11.8. The molecule has 0 amide bonds. The van der Waals surface area contributed by atoms with Crippen molar-refractivity contribution in [3.05, 3.63) is 59.5 Å². The second kappa shape index (κ2) is 7.04. The van der Waals surface area contributed by atoms with E-state index in [4.69, 9.17) is 14.2 Å². The number of benzene rings is 1. The molecule has 0 radical (unpaired) electrons. The van der Waals surface area contributed by atoms with Gasteiger partial charge in [0.2, 0.25) is 0 Å². The van der Waals surface area contributed by atoms with Gasteiger partial charge in [-0.05, 0) is 30.3 Å². The van der Waals surface area contributed by atoms with Gasteiger partial charge in [0.1, 0.15) is 18.5 Å². The van der Waals surface area contributed by atoms with Gasteiger partial charge in [0, 0.05) is 18.0 Å². The van der Waals surface area contributed by atoms with Crippen molar-refractivity contribution in [3.8, 4) is 11.5 Å². The topological polar surface area (TPSA) is 79.1 Å². The van der Waals surface area contributed by atoms with E-state index in [1.807, 2.05) is 0 Å². The number of pyridine rings is 1. The fourth-order valence-electron chi connectivity index (χ4n) is 2.43. The largest absolute Gasteiger partial charge is 0.493 e. The number of nitrogens with zero attached hydrogens (tertiary/aromatic N) is 2. The molecule has 0 fully saturated rings. The maximum Gasteiger partial charge on any atom is 0.341 e. The van der Waals surface area contributed by atoms with Crippen LogP contribution in [0.2, 0.25) is 0 Å². The Morgan fingerprint density at radius 1 is 1.24 bits per heavy atom. The van der Waals surface area contributed by atoms with Crippen LogP contribution < -0.4 is 9.47 Å². The number of fused-ring (bicyclic) bond motifs is 1. The first-order valence-electron chi connectivity index (χ1n) is 7.47. The van der Waals surface area contributed by atoms with Crippen LogP contribution in [0.3, 0.4) is 0 Å². The molecule has 0 aliphatic rings. The number of methoxy groups -OCH3 is 2. The molecule has 0 saturated carbocycles. The summed E-state index contributed by atoms with van der Waals surface area (Å²) >= 11 is 0. The Balaban J connectivity index is 1.84. The molecule has 0 aliphatic carbocycles. The highest BCUT2D eigenvalue weighted by Crippen LogP contribution is 2.28. The number of aldehydes is 1. The average Bonchev–Trinajstić information content (AvgIpc) is 3.08. The number of imidazole rings is 1. The first-order valence-corrected chi connectivity index (χ1v) is 7.47. The van der Waals surface area contributed by atoms with Crippen LogP contribution in [-0.4, -0.2) is 35.9 Å². The van der Waals surface area contributed by atoms with Crippen LogP contribution in [0.4, 0.5) is 0 Å². The summed E-state index contributed by atoms with van der Waals surface area (Å²) < 4.78 is 17.5. The van der Waals surface area contributed by atoms with Crippen molar-refractivity contribution in [2.24, 2.45) is 0 Å². The number of aromatic nitrogens is 2. The molecule has 7 heteroatoms. The summed E-state index contributed by atoms with van der Waals surface area (Å²) in [4.78, 5) is 27.1. The van der Waals surface area contributed by atoms with Crippen LogP contribution in [0.15, 0.2) is 42.7 Å². The number of esters is 1. The average molecular weight is 340 g/mol. The third-order valence-corrected chi connectivity index (χ3v) is 3.64. The molecule has 0 saturated heterocycles. The predicted octanol–water partition coefficient (Wildman–Crippen LogP) is 2.52. The highest BCUT2D eigenvalue weighted by atomic mass is 16.5. The summed E-state index contributed by atoms with van der Waals surface area (Å²) in [5.74, 6) is 0.511. The van der Waals surface area contributed by atoms with Gasteiger partial charge >= 0.3 is 5.97 Å². The molecule has 0 N–H and O–H groups in total. The highest BCUT2D eigenvalue weighted by molar-refractivity contribution is 5.95. The van der Waals surface area contributed by atoms with Crippen LogP contribution in [0.25, 0.3) is 5.65 Å². The lowest BCUT2D eigenvalue weighted by atomic mass is 10.2. The van der Waals surface area contributed by atoms with Gasteiger partial charge in [-0.2, -0.15) is 0 Å². The Hall–Kier alpha value is -3.35. The minimum atomic E-state index is -0.449. The molecule has 0 spiro atoms. The molecule has 2 heterocycles. The summed E-state index contributed by atoms with van der Waals surface area (Å²) in [6.45, 7) is 0.180. The Kier molecular flexibility index (Phi) is 4.65. The van der Waals surface area contributed by atoms with Crippen molar-refractivity contribution in [2.75, 3.05) is 14.2 Å². The molecule has 0 unspecified atom stereocenters. The Bertz CT molecular complexity index is 932. The molecule has 0 atom stereocenters. The van der Waals surface area contributed by atoms with E-state index in [0.717, 1.165) is 6.29 Å². The van der Waals surface area contributed by atoms with E-state index >= 15 is 0 Å². The van der Waals surface area contributed by atoms with Crippen molar-refractivity contribution in [1.29, 1.82) is 0 Å². The van der Waals surface area contributed by atoms with Crippen LogP contribution in [0.1, 0.15) is 26.4 Å². The molecule has 0 aliphatic heterocycles. The van der Waals surface area contributed by atoms with E-state index in [1.165, 1.54) is 14.2 Å². The van der Waals surface area contributed by atoms with E-state index < -0.39 is 5.97 Å². The molecule has 3 rings (SSSR count). The SMILES string of the molecule is COC(=O)c1cccn2cc(COc3ccc(C=O)cc3OC)nc12. The van der Waals surface area contributed by atoms with Crippen LogP contribution in [0.5, 0.6) is 11.5 Å². The third-order valence-electron chi connectivity index (χ3n) is 3.64. The van der Waals surface area contributed by atoms with Crippen LogP contribution in [-0.2, 0) is 11.3 Å². The summed E-state index contributed by atoms with van der Waals surface area (Å²) in [6.07, 6.45) is 4.30. The number of carbonyl (C=O) groups is 2. The van der Waals surface area contributed by atoms with Crippen molar-refractivity contribution in [2.45, 2.75) is 6.61 Å². The molecule has 2 aromatic heterocycles. The fourth-order valence-corrected chi connectivity index (χ4v) is 2.43. The monoisotopic (exact) mass is 340 g/mol. The van der Waals surface area contributed by atoms with E-state index in [1.54, 1.807) is 47.1 Å². The van der Waals surface area contributed by atoms with Crippen molar-refractivity contribution >= 4 is 17.9 Å². The second-order valence-electron chi connectivity index (χ2n) is 5.19. The van der Waals surface area contributed by atoms with Gasteiger partial charge in [-0.15, -0.1) is 0 Å². The van der Waals surface area contributed by atoms with E-state index in [-0.39, 0.29) is 6.61 Å². The Morgan fingerprint density at radius 2 is 2.08 bits per heavy atom. The molecular weight excluding hydrogens is 324 g/mol. The van der Waals surface area contributed by atoms with E-state index in [2.05, 4.69) is 4.98 Å². The molecule has 25 heavy (non-hydrogen) atoms. The molecule has 0 bridgehead atoms. The number of hydrogen-bond donors (Lipinski definition) is 0. The summed E-state index contributed by atoms with van der Waals surface area (Å²) in [5, 5.41) is 0. The first-order chi connectivity index (χ1) is 12.2. The van der Waals surface area contributed by atoms with Gasteiger partial charge in [0.15, 0.2) is 17.1 Å². The van der Waals surface area contributed by atoms with Crippen molar-refractivity contribution in [1.82, 2.24) is 9.38 Å². The number of ether oxygens (including phenoxy) is 3. The molecule has 7 nitrogen and oxygen atoms in total. The van der Waals surface area contributed by atoms with Crippen LogP contribution in [0, 0.1) is 0 Å². The smallest absolute Gasteiger partial charge is 0.341 e. The minimum Gasteiger partial charge on any atom is -0.493 e. The zero-order valence-electron chi connectivity index (χ0n) is 13.8. The van der Waals surface area contributed by atoms with E-state index in [9.17, 15) is 9.59 Å². The molecule has 1 aromatic carbocycles. The van der Waals surface area contributed by atoms with Gasteiger partial charge < -0.3 is 18.6 Å². The lowest BCUT2D eigenvalue weighted by molar-refractivity contribution is 0.0602. The summed E-state index contributed by atoms with van der Waals surface area (Å²) in [7, 11) is 2.83. The Labute approximate surface area is 143 Å².